The molecule has 23 heavy (non-hydrogen) atoms. The number of piperazine rings is 1. The Bertz CT molecular complexity index is 671. The monoisotopic (exact) mass is 309 g/mol. The van der Waals surface area contributed by atoms with Crippen molar-refractivity contribution >= 4 is 11.6 Å². The Morgan fingerprint density at radius 3 is 2.65 bits per heavy atom. The summed E-state index contributed by atoms with van der Waals surface area (Å²) in [6.45, 7) is 2.54. The molecular weight excluding hydrogens is 286 g/mol. The van der Waals surface area contributed by atoms with Gasteiger partial charge >= 0.3 is 0 Å². The summed E-state index contributed by atoms with van der Waals surface area (Å²) in [6, 6.07) is 18.0. The van der Waals surface area contributed by atoms with Crippen molar-refractivity contribution in [3.8, 4) is 0 Å². The number of hydrogen-bond acceptors (Lipinski definition) is 3. The fraction of sp³-hybridized carbons (Fsp3) is 0.316. The van der Waals surface area contributed by atoms with Crippen LogP contribution >= 0.6 is 0 Å². The Labute approximate surface area is 137 Å². The van der Waals surface area contributed by atoms with Gasteiger partial charge in [0.1, 0.15) is 0 Å². The van der Waals surface area contributed by atoms with E-state index in [-0.39, 0.29) is 11.9 Å². The Balaban J connectivity index is 1.79. The van der Waals surface area contributed by atoms with Crippen LogP contribution in [0.5, 0.6) is 0 Å². The van der Waals surface area contributed by atoms with Gasteiger partial charge in [-0.05, 0) is 30.3 Å². The van der Waals surface area contributed by atoms with Gasteiger partial charge in [0.05, 0.1) is 12.5 Å². The van der Waals surface area contributed by atoms with Crippen LogP contribution in [0.3, 0.4) is 0 Å². The van der Waals surface area contributed by atoms with Crippen LogP contribution in [0.2, 0.25) is 0 Å². The Morgan fingerprint density at radius 2 is 1.91 bits per heavy atom. The lowest BCUT2D eigenvalue weighted by Crippen LogP contribution is -2.49. The van der Waals surface area contributed by atoms with Gasteiger partial charge in [0.25, 0.3) is 0 Å². The average molecular weight is 309 g/mol. The Hall–Kier alpha value is -2.33. The van der Waals surface area contributed by atoms with E-state index in [1.165, 1.54) is 5.56 Å². The number of nitrogen functional groups attached to an aromatic ring is 1. The van der Waals surface area contributed by atoms with E-state index in [0.29, 0.717) is 12.1 Å². The van der Waals surface area contributed by atoms with Crippen molar-refractivity contribution < 1.29 is 4.79 Å². The van der Waals surface area contributed by atoms with Crippen molar-refractivity contribution in [2.24, 2.45) is 0 Å². The quantitative estimate of drug-likeness (QED) is 0.885. The first kappa shape index (κ1) is 15.6. The molecule has 1 amide bonds. The van der Waals surface area contributed by atoms with Crippen molar-refractivity contribution in [2.45, 2.75) is 12.5 Å². The molecule has 4 heteroatoms. The van der Waals surface area contributed by atoms with Gasteiger partial charge in [-0.15, -0.1) is 0 Å². The van der Waals surface area contributed by atoms with Crippen LogP contribution < -0.4 is 5.73 Å². The molecule has 120 valence electrons. The summed E-state index contributed by atoms with van der Waals surface area (Å²) in [7, 11) is 2.11. The minimum atomic E-state index is 0.114. The van der Waals surface area contributed by atoms with Gasteiger partial charge in [0, 0.05) is 25.3 Å². The molecule has 2 aromatic rings. The van der Waals surface area contributed by atoms with Crippen molar-refractivity contribution in [1.82, 2.24) is 9.80 Å². The summed E-state index contributed by atoms with van der Waals surface area (Å²) in [4.78, 5) is 17.1. The predicted molar refractivity (Wildman–Crippen MR) is 93.0 cm³/mol. The summed E-state index contributed by atoms with van der Waals surface area (Å²) < 4.78 is 0. The van der Waals surface area contributed by atoms with Gasteiger partial charge in [-0.1, -0.05) is 42.5 Å². The van der Waals surface area contributed by atoms with Crippen LogP contribution in [0, 0.1) is 0 Å². The zero-order valence-corrected chi connectivity index (χ0v) is 13.5. The lowest BCUT2D eigenvalue weighted by molar-refractivity contribution is -0.135. The fourth-order valence-electron chi connectivity index (χ4n) is 3.16. The van der Waals surface area contributed by atoms with Gasteiger partial charge in [-0.25, -0.2) is 0 Å². The van der Waals surface area contributed by atoms with E-state index in [4.69, 9.17) is 5.73 Å². The lowest BCUT2D eigenvalue weighted by Gasteiger charge is -2.40. The summed E-state index contributed by atoms with van der Waals surface area (Å²) in [5, 5.41) is 0. The van der Waals surface area contributed by atoms with E-state index >= 15 is 0 Å². The molecular formula is C19H23N3O. The van der Waals surface area contributed by atoms with Gasteiger partial charge in [0.15, 0.2) is 0 Å². The maximum absolute atomic E-state index is 12.8. The summed E-state index contributed by atoms with van der Waals surface area (Å²) >= 11 is 0. The zero-order chi connectivity index (χ0) is 16.2. The highest BCUT2D eigenvalue weighted by molar-refractivity contribution is 5.79. The summed E-state index contributed by atoms with van der Waals surface area (Å²) in [6.07, 6.45) is 0.401. The number of nitrogens with two attached hydrogens (primary N) is 1. The number of nitrogens with zero attached hydrogens (tertiary/aromatic N) is 2. The minimum absolute atomic E-state index is 0.114. The first-order valence-corrected chi connectivity index (χ1v) is 8.01. The van der Waals surface area contributed by atoms with Gasteiger partial charge in [0.2, 0.25) is 5.91 Å². The number of amides is 1. The maximum atomic E-state index is 12.8. The van der Waals surface area contributed by atoms with Crippen LogP contribution in [0.15, 0.2) is 54.6 Å². The molecule has 4 nitrogen and oxygen atoms in total. The van der Waals surface area contributed by atoms with E-state index in [2.05, 4.69) is 24.1 Å². The third-order valence-electron chi connectivity index (χ3n) is 4.39. The molecule has 1 unspecified atom stereocenters. The third kappa shape index (κ3) is 3.71. The molecule has 1 aliphatic heterocycles. The van der Waals surface area contributed by atoms with Crippen molar-refractivity contribution in [3.05, 3.63) is 65.7 Å². The molecule has 0 spiro atoms. The van der Waals surface area contributed by atoms with E-state index < -0.39 is 0 Å². The molecule has 0 bridgehead atoms. The smallest absolute Gasteiger partial charge is 0.227 e. The maximum Gasteiger partial charge on any atom is 0.227 e. The van der Waals surface area contributed by atoms with Gasteiger partial charge in [-0.2, -0.15) is 0 Å². The van der Waals surface area contributed by atoms with Crippen molar-refractivity contribution in [2.75, 3.05) is 32.4 Å². The normalized spacial score (nSPS) is 18.8. The van der Waals surface area contributed by atoms with Crippen LogP contribution in [-0.4, -0.2) is 42.4 Å². The highest BCUT2D eigenvalue weighted by atomic mass is 16.2. The molecule has 1 heterocycles. The molecule has 0 radical (unpaired) electrons. The first-order valence-electron chi connectivity index (χ1n) is 8.01. The lowest BCUT2D eigenvalue weighted by atomic mass is 10.0. The number of hydrogen-bond donors (Lipinski definition) is 1. The molecule has 1 fully saturated rings. The van der Waals surface area contributed by atoms with Gasteiger partial charge in [-0.3, -0.25) is 4.79 Å². The molecule has 2 aromatic carbocycles. The number of likely N-dealkylation sites (N-methyl/N-ethyl adjacent to an activating group) is 1. The van der Waals surface area contributed by atoms with E-state index in [1.54, 1.807) is 0 Å². The number of carbonyl (C=O) groups excluding carboxylic acids is 1. The number of carbonyl (C=O) groups is 1. The Morgan fingerprint density at radius 1 is 1.13 bits per heavy atom. The summed E-state index contributed by atoms with van der Waals surface area (Å²) in [5.41, 5.74) is 8.69. The third-order valence-corrected chi connectivity index (χ3v) is 4.39. The first-order chi connectivity index (χ1) is 11.1. The van der Waals surface area contributed by atoms with Crippen LogP contribution in [-0.2, 0) is 11.2 Å². The average Bonchev–Trinajstić information content (AvgIpc) is 2.55. The highest BCUT2D eigenvalue weighted by Crippen LogP contribution is 2.25. The van der Waals surface area contributed by atoms with E-state index in [9.17, 15) is 4.79 Å². The second kappa shape index (κ2) is 6.84. The van der Waals surface area contributed by atoms with Crippen LogP contribution in [0.25, 0.3) is 0 Å². The number of rotatable bonds is 3. The SMILES string of the molecule is CN1CCN(C(=O)Cc2cccc(N)c2)C(c2ccccc2)C1. The van der Waals surface area contributed by atoms with Gasteiger partial charge < -0.3 is 15.5 Å². The largest absolute Gasteiger partial charge is 0.399 e. The van der Waals surface area contributed by atoms with Crippen LogP contribution in [0.1, 0.15) is 17.2 Å². The standard InChI is InChI=1S/C19H23N3O/c1-21-10-11-22(18(14-21)16-7-3-2-4-8-16)19(23)13-15-6-5-9-17(20)12-15/h2-9,12,18H,10-11,13-14,20H2,1H3. The Kier molecular flexibility index (Phi) is 4.63. The molecule has 0 saturated carbocycles. The number of benzene rings is 2. The summed E-state index contributed by atoms with van der Waals surface area (Å²) in [5.74, 6) is 0.164. The molecule has 1 atom stereocenters. The molecule has 2 N–H and O–H groups in total. The molecule has 1 aliphatic rings. The highest BCUT2D eigenvalue weighted by Gasteiger charge is 2.29. The zero-order valence-electron chi connectivity index (χ0n) is 13.5. The second-order valence-electron chi connectivity index (χ2n) is 6.20. The topological polar surface area (TPSA) is 49.6 Å². The second-order valence-corrected chi connectivity index (χ2v) is 6.20. The van der Waals surface area contributed by atoms with E-state index in [0.717, 1.165) is 25.2 Å². The molecule has 1 saturated heterocycles. The van der Waals surface area contributed by atoms with Crippen molar-refractivity contribution in [1.29, 1.82) is 0 Å². The van der Waals surface area contributed by atoms with E-state index in [1.807, 2.05) is 47.4 Å². The molecule has 0 aromatic heterocycles. The van der Waals surface area contributed by atoms with Crippen molar-refractivity contribution in [3.63, 3.8) is 0 Å². The number of anilines is 1. The molecule has 0 aliphatic carbocycles. The predicted octanol–water partition coefficient (Wildman–Crippen LogP) is 2.33. The minimum Gasteiger partial charge on any atom is -0.399 e. The van der Waals surface area contributed by atoms with Crippen LogP contribution in [0.4, 0.5) is 5.69 Å². The fourth-order valence-corrected chi connectivity index (χ4v) is 3.16. The molecule has 3 rings (SSSR count).